The molecule has 3 rings (SSSR count). The third-order valence-electron chi connectivity index (χ3n) is 4.35. The summed E-state index contributed by atoms with van der Waals surface area (Å²) in [6, 6.07) is 15.3. The summed E-state index contributed by atoms with van der Waals surface area (Å²) in [5, 5.41) is 6.17. The number of aryl methyl sites for hydroxylation is 3. The molecule has 2 aromatic carbocycles. The number of carbonyl (C=O) groups excluding carboxylic acids is 1. The molecule has 0 aliphatic rings. The van der Waals surface area contributed by atoms with Crippen molar-refractivity contribution in [2.75, 3.05) is 17.7 Å². The van der Waals surface area contributed by atoms with Crippen LogP contribution in [0, 0.1) is 20.8 Å². The van der Waals surface area contributed by atoms with Crippen molar-refractivity contribution in [3.8, 4) is 5.75 Å². The van der Waals surface area contributed by atoms with Gasteiger partial charge in [-0.1, -0.05) is 35.9 Å². The van der Waals surface area contributed by atoms with E-state index in [1.807, 2.05) is 56.3 Å². The zero-order valence-corrected chi connectivity index (χ0v) is 16.5. The van der Waals surface area contributed by atoms with Gasteiger partial charge < -0.3 is 15.4 Å². The zero-order chi connectivity index (χ0) is 20.1. The summed E-state index contributed by atoms with van der Waals surface area (Å²) in [7, 11) is 1.64. The summed E-state index contributed by atoms with van der Waals surface area (Å²) >= 11 is 0. The summed E-state index contributed by atoms with van der Waals surface area (Å²) in [6.45, 7) is 6.28. The SMILES string of the molecule is COc1ccccc1CNc1cc(C(=O)Nc2ccc(C)cc2C)nc(C)n1. The second kappa shape index (κ2) is 8.52. The van der Waals surface area contributed by atoms with Crippen LogP contribution in [0.15, 0.2) is 48.5 Å². The number of amides is 1. The van der Waals surface area contributed by atoms with Crippen LogP contribution >= 0.6 is 0 Å². The van der Waals surface area contributed by atoms with Gasteiger partial charge in [-0.15, -0.1) is 0 Å². The summed E-state index contributed by atoms with van der Waals surface area (Å²) in [4.78, 5) is 21.3. The second-order valence-electron chi connectivity index (χ2n) is 6.62. The number of hydrogen-bond acceptors (Lipinski definition) is 5. The number of benzene rings is 2. The van der Waals surface area contributed by atoms with E-state index in [2.05, 4.69) is 20.6 Å². The molecule has 0 saturated carbocycles. The van der Waals surface area contributed by atoms with E-state index in [0.29, 0.717) is 23.9 Å². The van der Waals surface area contributed by atoms with Crippen LogP contribution in [0.4, 0.5) is 11.5 Å². The molecular formula is C22H24N4O2. The molecule has 0 unspecified atom stereocenters. The Morgan fingerprint density at radius 3 is 2.57 bits per heavy atom. The molecule has 144 valence electrons. The lowest BCUT2D eigenvalue weighted by Crippen LogP contribution is -2.16. The van der Waals surface area contributed by atoms with E-state index in [1.165, 1.54) is 0 Å². The second-order valence-corrected chi connectivity index (χ2v) is 6.62. The molecule has 1 heterocycles. The smallest absolute Gasteiger partial charge is 0.274 e. The first-order valence-corrected chi connectivity index (χ1v) is 9.06. The maximum atomic E-state index is 12.7. The number of nitrogens with zero attached hydrogens (tertiary/aromatic N) is 2. The Labute approximate surface area is 165 Å². The summed E-state index contributed by atoms with van der Waals surface area (Å²) in [5.74, 6) is 1.64. The van der Waals surface area contributed by atoms with Crippen LogP contribution in [0.1, 0.15) is 33.0 Å². The minimum atomic E-state index is -0.266. The standard InChI is InChI=1S/C22H24N4O2/c1-14-9-10-18(15(2)11-14)26-22(27)19-12-21(25-16(3)24-19)23-13-17-7-5-6-8-20(17)28-4/h5-12H,13H2,1-4H3,(H,26,27)(H,23,24,25). The molecular weight excluding hydrogens is 352 g/mol. The highest BCUT2D eigenvalue weighted by Crippen LogP contribution is 2.20. The van der Waals surface area contributed by atoms with Crippen LogP contribution in [0.3, 0.4) is 0 Å². The molecule has 1 amide bonds. The predicted molar refractivity (Wildman–Crippen MR) is 111 cm³/mol. The van der Waals surface area contributed by atoms with Crippen molar-refractivity contribution < 1.29 is 9.53 Å². The number of hydrogen-bond donors (Lipinski definition) is 2. The lowest BCUT2D eigenvalue weighted by Gasteiger charge is -2.12. The Morgan fingerprint density at radius 2 is 1.82 bits per heavy atom. The van der Waals surface area contributed by atoms with E-state index in [9.17, 15) is 4.79 Å². The Bertz CT molecular complexity index is 1000. The summed E-state index contributed by atoms with van der Waals surface area (Å²) in [5.41, 5.74) is 4.25. The van der Waals surface area contributed by atoms with Crippen molar-refractivity contribution in [3.05, 3.63) is 76.7 Å². The molecule has 28 heavy (non-hydrogen) atoms. The van der Waals surface area contributed by atoms with E-state index in [0.717, 1.165) is 28.1 Å². The number of rotatable bonds is 6. The average molecular weight is 376 g/mol. The number of methoxy groups -OCH3 is 1. The molecule has 6 nitrogen and oxygen atoms in total. The van der Waals surface area contributed by atoms with Crippen molar-refractivity contribution in [3.63, 3.8) is 0 Å². The van der Waals surface area contributed by atoms with Gasteiger partial charge in [0.15, 0.2) is 0 Å². The fourth-order valence-corrected chi connectivity index (χ4v) is 2.95. The van der Waals surface area contributed by atoms with E-state index < -0.39 is 0 Å². The first-order valence-electron chi connectivity index (χ1n) is 9.06. The minimum Gasteiger partial charge on any atom is -0.496 e. The Kier molecular flexibility index (Phi) is 5.89. The van der Waals surface area contributed by atoms with Gasteiger partial charge in [0.2, 0.25) is 0 Å². The van der Waals surface area contributed by atoms with E-state index in [1.54, 1.807) is 20.1 Å². The number of para-hydroxylation sites is 1. The molecule has 0 fully saturated rings. The van der Waals surface area contributed by atoms with Gasteiger partial charge in [0.25, 0.3) is 5.91 Å². The van der Waals surface area contributed by atoms with Crippen LogP contribution in [0.2, 0.25) is 0 Å². The first-order chi connectivity index (χ1) is 13.5. The molecule has 0 aliphatic heterocycles. The topological polar surface area (TPSA) is 76.1 Å². The predicted octanol–water partition coefficient (Wildman–Crippen LogP) is 4.27. The van der Waals surface area contributed by atoms with Crippen molar-refractivity contribution >= 4 is 17.4 Å². The van der Waals surface area contributed by atoms with Crippen LogP contribution < -0.4 is 15.4 Å². The lowest BCUT2D eigenvalue weighted by atomic mass is 10.1. The third kappa shape index (κ3) is 4.65. The molecule has 0 spiro atoms. The number of anilines is 2. The van der Waals surface area contributed by atoms with Gasteiger partial charge in [-0.05, 0) is 38.5 Å². The highest BCUT2D eigenvalue weighted by molar-refractivity contribution is 6.03. The van der Waals surface area contributed by atoms with Gasteiger partial charge in [-0.25, -0.2) is 9.97 Å². The number of nitrogens with one attached hydrogen (secondary N) is 2. The van der Waals surface area contributed by atoms with Crippen molar-refractivity contribution in [1.29, 1.82) is 0 Å². The van der Waals surface area contributed by atoms with Crippen LogP contribution in [0.25, 0.3) is 0 Å². The number of aromatic nitrogens is 2. The van der Waals surface area contributed by atoms with Gasteiger partial charge in [0.1, 0.15) is 23.1 Å². The maximum absolute atomic E-state index is 12.7. The fourth-order valence-electron chi connectivity index (χ4n) is 2.95. The highest BCUT2D eigenvalue weighted by atomic mass is 16.5. The molecule has 6 heteroatoms. The number of carbonyl (C=O) groups is 1. The van der Waals surface area contributed by atoms with E-state index in [-0.39, 0.29) is 5.91 Å². The molecule has 0 atom stereocenters. The van der Waals surface area contributed by atoms with E-state index in [4.69, 9.17) is 4.74 Å². The van der Waals surface area contributed by atoms with Crippen molar-refractivity contribution in [2.45, 2.75) is 27.3 Å². The Balaban J connectivity index is 1.76. The minimum absolute atomic E-state index is 0.266. The van der Waals surface area contributed by atoms with Crippen LogP contribution in [-0.2, 0) is 6.54 Å². The average Bonchev–Trinajstić information content (AvgIpc) is 2.68. The van der Waals surface area contributed by atoms with E-state index >= 15 is 0 Å². The van der Waals surface area contributed by atoms with Crippen LogP contribution in [0.5, 0.6) is 5.75 Å². The number of ether oxygens (including phenoxy) is 1. The van der Waals surface area contributed by atoms with Crippen LogP contribution in [-0.4, -0.2) is 23.0 Å². The summed E-state index contributed by atoms with van der Waals surface area (Å²) < 4.78 is 5.37. The molecule has 0 aliphatic carbocycles. The quantitative estimate of drug-likeness (QED) is 0.672. The van der Waals surface area contributed by atoms with Gasteiger partial charge in [-0.2, -0.15) is 0 Å². The largest absolute Gasteiger partial charge is 0.496 e. The fraction of sp³-hybridized carbons (Fsp3) is 0.227. The Morgan fingerprint density at radius 1 is 1.04 bits per heavy atom. The van der Waals surface area contributed by atoms with Gasteiger partial charge >= 0.3 is 0 Å². The lowest BCUT2D eigenvalue weighted by molar-refractivity contribution is 0.102. The Hall–Kier alpha value is -3.41. The molecule has 2 N–H and O–H groups in total. The first kappa shape index (κ1) is 19.4. The monoisotopic (exact) mass is 376 g/mol. The molecule has 3 aromatic rings. The van der Waals surface area contributed by atoms with Crippen molar-refractivity contribution in [1.82, 2.24) is 9.97 Å². The highest BCUT2D eigenvalue weighted by Gasteiger charge is 2.12. The van der Waals surface area contributed by atoms with Gasteiger partial charge in [0.05, 0.1) is 7.11 Å². The zero-order valence-electron chi connectivity index (χ0n) is 16.5. The van der Waals surface area contributed by atoms with Gasteiger partial charge in [0, 0.05) is 23.9 Å². The van der Waals surface area contributed by atoms with Crippen molar-refractivity contribution in [2.24, 2.45) is 0 Å². The molecule has 0 saturated heterocycles. The third-order valence-corrected chi connectivity index (χ3v) is 4.35. The summed E-state index contributed by atoms with van der Waals surface area (Å²) in [6.07, 6.45) is 0. The van der Waals surface area contributed by atoms with Gasteiger partial charge in [-0.3, -0.25) is 4.79 Å². The molecule has 0 radical (unpaired) electrons. The maximum Gasteiger partial charge on any atom is 0.274 e. The molecule has 0 bridgehead atoms. The normalized spacial score (nSPS) is 10.4. The molecule has 1 aromatic heterocycles.